The number of ether oxygens (including phenoxy) is 2. The third-order valence-corrected chi connectivity index (χ3v) is 6.99. The molecule has 2 fully saturated rings. The highest BCUT2D eigenvalue weighted by molar-refractivity contribution is 5.89. The van der Waals surface area contributed by atoms with Crippen molar-refractivity contribution in [3.05, 3.63) is 102 Å². The van der Waals surface area contributed by atoms with Crippen molar-refractivity contribution in [1.29, 1.82) is 0 Å². The summed E-state index contributed by atoms with van der Waals surface area (Å²) in [5.74, 6) is 0.734. The Kier molecular flexibility index (Phi) is 5.95. The lowest BCUT2D eigenvalue weighted by Crippen LogP contribution is -2.52. The molecule has 2 bridgehead atoms. The minimum atomic E-state index is -0.250. The number of nitrogens with zero attached hydrogens (tertiary/aromatic N) is 1. The van der Waals surface area contributed by atoms with Gasteiger partial charge in [-0.05, 0) is 43.0 Å². The summed E-state index contributed by atoms with van der Waals surface area (Å²) in [5.41, 5.74) is 3.03. The summed E-state index contributed by atoms with van der Waals surface area (Å²) < 4.78 is 12.0. The van der Waals surface area contributed by atoms with Crippen molar-refractivity contribution in [1.82, 2.24) is 4.90 Å². The van der Waals surface area contributed by atoms with Gasteiger partial charge in [-0.1, -0.05) is 66.7 Å². The van der Waals surface area contributed by atoms with E-state index in [2.05, 4.69) is 41.3 Å². The average Bonchev–Trinajstić information content (AvgIpc) is 3.13. The van der Waals surface area contributed by atoms with Gasteiger partial charge >= 0.3 is 5.97 Å². The zero-order valence-electron chi connectivity index (χ0n) is 18.4. The van der Waals surface area contributed by atoms with Crippen LogP contribution in [-0.4, -0.2) is 36.2 Å². The fourth-order valence-corrected chi connectivity index (χ4v) is 5.51. The molecule has 2 aliphatic heterocycles. The van der Waals surface area contributed by atoms with Crippen LogP contribution in [0, 0.1) is 0 Å². The summed E-state index contributed by atoms with van der Waals surface area (Å²) in [6.45, 7) is 0.883. The number of para-hydroxylation sites is 1. The first-order valence-electron chi connectivity index (χ1n) is 11.4. The molecule has 0 saturated carbocycles. The van der Waals surface area contributed by atoms with Crippen LogP contribution in [0.5, 0.6) is 5.75 Å². The van der Waals surface area contributed by atoms with Gasteiger partial charge < -0.3 is 9.47 Å². The normalized spacial score (nSPS) is 24.8. The van der Waals surface area contributed by atoms with Crippen LogP contribution in [0.1, 0.15) is 46.7 Å². The highest BCUT2D eigenvalue weighted by Gasteiger charge is 2.50. The molecule has 0 radical (unpaired) electrons. The molecule has 0 unspecified atom stereocenters. The topological polar surface area (TPSA) is 38.8 Å². The minimum absolute atomic E-state index is 0.114. The molecule has 164 valence electrons. The SMILES string of the molecule is COc1ccccc1[C@@H]1C[C@H]2CC[C@@H]([C@@H]1OC(=O)c1ccccc1)N2Cc1ccccc1. The van der Waals surface area contributed by atoms with Gasteiger partial charge in [0.2, 0.25) is 0 Å². The van der Waals surface area contributed by atoms with E-state index in [-0.39, 0.29) is 24.0 Å². The van der Waals surface area contributed by atoms with Gasteiger partial charge in [0.25, 0.3) is 0 Å². The number of methoxy groups -OCH3 is 1. The van der Waals surface area contributed by atoms with Gasteiger partial charge in [-0.2, -0.15) is 0 Å². The predicted octanol–water partition coefficient (Wildman–Crippen LogP) is 5.44. The van der Waals surface area contributed by atoms with Crippen LogP contribution in [0.2, 0.25) is 0 Å². The van der Waals surface area contributed by atoms with Gasteiger partial charge in [0, 0.05) is 30.1 Å². The zero-order chi connectivity index (χ0) is 21.9. The van der Waals surface area contributed by atoms with Crippen LogP contribution < -0.4 is 4.74 Å². The molecule has 2 aliphatic rings. The first kappa shape index (κ1) is 20.8. The first-order chi connectivity index (χ1) is 15.7. The fraction of sp³-hybridized carbons (Fsp3) is 0.321. The van der Waals surface area contributed by atoms with E-state index in [1.807, 2.05) is 48.5 Å². The number of esters is 1. The molecule has 4 nitrogen and oxygen atoms in total. The highest BCUT2D eigenvalue weighted by Crippen LogP contribution is 2.47. The summed E-state index contributed by atoms with van der Waals surface area (Å²) >= 11 is 0. The quantitative estimate of drug-likeness (QED) is 0.491. The van der Waals surface area contributed by atoms with Crippen molar-refractivity contribution in [2.45, 2.75) is 49.9 Å². The molecule has 0 spiro atoms. The van der Waals surface area contributed by atoms with Gasteiger partial charge in [-0.15, -0.1) is 0 Å². The lowest BCUT2D eigenvalue weighted by Gasteiger charge is -2.44. The van der Waals surface area contributed by atoms with E-state index in [0.29, 0.717) is 11.6 Å². The Morgan fingerprint density at radius 2 is 1.59 bits per heavy atom. The summed E-state index contributed by atoms with van der Waals surface area (Å²) in [7, 11) is 1.71. The summed E-state index contributed by atoms with van der Waals surface area (Å²) in [6, 6.07) is 28.7. The molecule has 2 saturated heterocycles. The second-order valence-electron chi connectivity index (χ2n) is 8.78. The molecule has 2 heterocycles. The molecular formula is C28H29NO3. The summed E-state index contributed by atoms with van der Waals surface area (Å²) in [4.78, 5) is 15.7. The number of carbonyl (C=O) groups excluding carboxylic acids is 1. The smallest absolute Gasteiger partial charge is 0.338 e. The summed E-state index contributed by atoms with van der Waals surface area (Å²) in [6.07, 6.45) is 2.90. The van der Waals surface area contributed by atoms with Crippen LogP contribution in [0.25, 0.3) is 0 Å². The van der Waals surface area contributed by atoms with Gasteiger partial charge in [-0.25, -0.2) is 4.79 Å². The first-order valence-corrected chi connectivity index (χ1v) is 11.4. The van der Waals surface area contributed by atoms with Gasteiger partial charge in [-0.3, -0.25) is 4.90 Å². The number of benzene rings is 3. The van der Waals surface area contributed by atoms with Crippen molar-refractivity contribution in [3.8, 4) is 5.75 Å². The Labute approximate surface area is 189 Å². The molecule has 0 amide bonds. The Balaban J connectivity index is 1.48. The molecule has 3 aromatic carbocycles. The number of hydrogen-bond acceptors (Lipinski definition) is 4. The van der Waals surface area contributed by atoms with E-state index in [1.54, 1.807) is 7.11 Å². The van der Waals surface area contributed by atoms with Crippen LogP contribution in [0.3, 0.4) is 0 Å². The van der Waals surface area contributed by atoms with Gasteiger partial charge in [0.05, 0.1) is 12.7 Å². The molecule has 0 aromatic heterocycles. The molecule has 32 heavy (non-hydrogen) atoms. The second-order valence-corrected chi connectivity index (χ2v) is 8.78. The number of fused-ring (bicyclic) bond motifs is 2. The fourth-order valence-electron chi connectivity index (χ4n) is 5.51. The maximum Gasteiger partial charge on any atom is 0.338 e. The van der Waals surface area contributed by atoms with Crippen molar-refractivity contribution < 1.29 is 14.3 Å². The van der Waals surface area contributed by atoms with E-state index in [4.69, 9.17) is 9.47 Å². The minimum Gasteiger partial charge on any atom is -0.496 e. The third-order valence-electron chi connectivity index (χ3n) is 6.99. The van der Waals surface area contributed by atoms with Crippen LogP contribution in [0.15, 0.2) is 84.9 Å². The molecule has 4 atom stereocenters. The Morgan fingerprint density at radius 3 is 2.34 bits per heavy atom. The predicted molar refractivity (Wildman–Crippen MR) is 125 cm³/mol. The maximum absolute atomic E-state index is 13.1. The molecule has 3 aromatic rings. The Hall–Kier alpha value is -3.11. The van der Waals surface area contributed by atoms with E-state index in [1.165, 1.54) is 5.56 Å². The zero-order valence-corrected chi connectivity index (χ0v) is 18.4. The Morgan fingerprint density at radius 1 is 0.906 bits per heavy atom. The number of rotatable bonds is 6. The summed E-state index contributed by atoms with van der Waals surface area (Å²) in [5, 5.41) is 0. The van der Waals surface area contributed by atoms with E-state index >= 15 is 0 Å². The highest BCUT2D eigenvalue weighted by atomic mass is 16.5. The lowest BCUT2D eigenvalue weighted by atomic mass is 9.81. The largest absolute Gasteiger partial charge is 0.496 e. The molecule has 0 aliphatic carbocycles. The van der Waals surface area contributed by atoms with Crippen molar-refractivity contribution in [3.63, 3.8) is 0 Å². The van der Waals surface area contributed by atoms with E-state index in [9.17, 15) is 4.79 Å². The van der Waals surface area contributed by atoms with Crippen LogP contribution in [-0.2, 0) is 11.3 Å². The number of hydrogen-bond donors (Lipinski definition) is 0. The van der Waals surface area contributed by atoms with Crippen LogP contribution >= 0.6 is 0 Å². The van der Waals surface area contributed by atoms with Crippen molar-refractivity contribution >= 4 is 5.97 Å². The number of piperidine rings is 1. The molecular weight excluding hydrogens is 398 g/mol. The van der Waals surface area contributed by atoms with Crippen LogP contribution in [0.4, 0.5) is 0 Å². The standard InChI is InChI=1S/C28H29NO3/c1-31-26-15-9-8-14-23(26)24-18-22-16-17-25(29(22)19-20-10-4-2-5-11-20)27(24)32-28(30)21-12-6-3-7-13-21/h2-15,22,24-25,27H,16-19H2,1H3/t22-,24+,25+,27-/m1/s1. The monoisotopic (exact) mass is 427 g/mol. The van der Waals surface area contributed by atoms with Crippen molar-refractivity contribution in [2.24, 2.45) is 0 Å². The molecule has 5 rings (SSSR count). The Bertz CT molecular complexity index is 1050. The third kappa shape index (κ3) is 4.03. The van der Waals surface area contributed by atoms with Crippen molar-refractivity contribution in [2.75, 3.05) is 7.11 Å². The number of carbonyl (C=O) groups is 1. The average molecular weight is 428 g/mol. The van der Waals surface area contributed by atoms with E-state index in [0.717, 1.165) is 37.1 Å². The van der Waals surface area contributed by atoms with E-state index < -0.39 is 0 Å². The van der Waals surface area contributed by atoms with Gasteiger partial charge in [0.1, 0.15) is 11.9 Å². The van der Waals surface area contributed by atoms with Gasteiger partial charge in [0.15, 0.2) is 0 Å². The maximum atomic E-state index is 13.1. The second kappa shape index (κ2) is 9.17. The molecule has 4 heteroatoms. The molecule has 0 N–H and O–H groups in total. The lowest BCUT2D eigenvalue weighted by molar-refractivity contribution is -0.0345.